The van der Waals surface area contributed by atoms with E-state index >= 15 is 0 Å². The summed E-state index contributed by atoms with van der Waals surface area (Å²) in [6.45, 7) is 3.22. The van der Waals surface area contributed by atoms with Crippen molar-refractivity contribution in [2.75, 3.05) is 17.0 Å². The topological polar surface area (TPSA) is 95.5 Å². The molecule has 6 nitrogen and oxygen atoms in total. The van der Waals surface area contributed by atoms with Crippen molar-refractivity contribution in [2.24, 2.45) is 0 Å². The van der Waals surface area contributed by atoms with Gasteiger partial charge in [0, 0.05) is 6.54 Å². The Kier molecular flexibility index (Phi) is 5.11. The summed E-state index contributed by atoms with van der Waals surface area (Å²) >= 11 is 0. The maximum atomic E-state index is 11.5. The van der Waals surface area contributed by atoms with E-state index in [1.165, 1.54) is 0 Å². The minimum atomic E-state index is -3.86. The van der Waals surface area contributed by atoms with Gasteiger partial charge in [-0.2, -0.15) is 0 Å². The average molecular weight is 272 g/mol. The molecule has 18 heavy (non-hydrogen) atoms. The predicted octanol–water partition coefficient (Wildman–Crippen LogP) is 0.622. The lowest BCUT2D eigenvalue weighted by Crippen LogP contribution is -2.23. The minimum Gasteiger partial charge on any atom is -0.480 e. The van der Waals surface area contributed by atoms with Crippen molar-refractivity contribution in [2.45, 2.75) is 13.5 Å². The molecule has 0 bridgehead atoms. The molecular weight excluding hydrogens is 256 g/mol. The lowest BCUT2D eigenvalue weighted by Gasteiger charge is -2.11. The first-order valence-corrected chi connectivity index (χ1v) is 7.10. The van der Waals surface area contributed by atoms with Crippen molar-refractivity contribution in [1.29, 1.82) is 0 Å². The first-order valence-electron chi connectivity index (χ1n) is 5.45. The van der Waals surface area contributed by atoms with E-state index in [0.717, 1.165) is 12.1 Å². The lowest BCUT2D eigenvalue weighted by atomic mass is 10.2. The van der Waals surface area contributed by atoms with Gasteiger partial charge in [0.1, 0.15) is 0 Å². The number of carbonyl (C=O) groups is 1. The molecule has 0 atom stereocenters. The van der Waals surface area contributed by atoms with Crippen molar-refractivity contribution >= 4 is 21.7 Å². The van der Waals surface area contributed by atoms with Crippen LogP contribution in [0.15, 0.2) is 24.3 Å². The number of para-hydroxylation sites is 1. The summed E-state index contributed by atoms with van der Waals surface area (Å²) in [5.41, 5.74) is 1.17. The monoisotopic (exact) mass is 272 g/mol. The highest BCUT2D eigenvalue weighted by Gasteiger charge is 2.16. The predicted molar refractivity (Wildman–Crippen MR) is 68.9 cm³/mol. The second kappa shape index (κ2) is 6.36. The molecule has 0 radical (unpaired) electrons. The summed E-state index contributed by atoms with van der Waals surface area (Å²) in [6.07, 6.45) is 0. The first kappa shape index (κ1) is 14.5. The number of hydrogen-bond acceptors (Lipinski definition) is 4. The zero-order valence-electron chi connectivity index (χ0n) is 10.0. The van der Waals surface area contributed by atoms with Gasteiger partial charge < -0.3 is 10.4 Å². The van der Waals surface area contributed by atoms with Crippen LogP contribution in [0.2, 0.25) is 0 Å². The standard InChI is InChI=1S/C11H16N2O4S/c1-2-12-7-9-5-3-4-6-10(9)13-18(16,17)8-11(14)15/h3-6,12-13H,2,7-8H2,1H3,(H,14,15). The highest BCUT2D eigenvalue weighted by Crippen LogP contribution is 2.16. The van der Waals surface area contributed by atoms with Crippen molar-refractivity contribution in [3.63, 3.8) is 0 Å². The molecule has 1 aromatic rings. The Morgan fingerprint density at radius 2 is 2.00 bits per heavy atom. The number of hydrogen-bond donors (Lipinski definition) is 3. The van der Waals surface area contributed by atoms with Gasteiger partial charge in [-0.3, -0.25) is 9.52 Å². The number of aliphatic carboxylic acids is 1. The molecule has 1 aromatic carbocycles. The van der Waals surface area contributed by atoms with Crippen molar-refractivity contribution in [1.82, 2.24) is 5.32 Å². The lowest BCUT2D eigenvalue weighted by molar-refractivity contribution is -0.134. The number of carboxylic acids is 1. The molecule has 0 aliphatic rings. The molecule has 3 N–H and O–H groups in total. The third-order valence-electron chi connectivity index (χ3n) is 2.16. The molecular formula is C11H16N2O4S. The number of anilines is 1. The number of carboxylic acid groups (broad SMARTS) is 1. The molecule has 0 saturated heterocycles. The molecule has 0 spiro atoms. The molecule has 0 amide bonds. The van der Waals surface area contributed by atoms with Gasteiger partial charge in [0.2, 0.25) is 10.0 Å². The Hall–Kier alpha value is -1.60. The highest BCUT2D eigenvalue weighted by atomic mass is 32.2. The fraction of sp³-hybridized carbons (Fsp3) is 0.364. The van der Waals surface area contributed by atoms with E-state index in [9.17, 15) is 13.2 Å². The summed E-state index contributed by atoms with van der Waals surface area (Å²) in [4.78, 5) is 10.4. The second-order valence-corrected chi connectivity index (χ2v) is 5.41. The molecule has 1 rings (SSSR count). The van der Waals surface area contributed by atoms with Gasteiger partial charge >= 0.3 is 5.97 Å². The van der Waals surface area contributed by atoms with Gasteiger partial charge in [-0.25, -0.2) is 8.42 Å². The molecule has 7 heteroatoms. The second-order valence-electron chi connectivity index (χ2n) is 3.69. The number of nitrogens with one attached hydrogen (secondary N) is 2. The van der Waals surface area contributed by atoms with Crippen LogP contribution >= 0.6 is 0 Å². The van der Waals surface area contributed by atoms with E-state index < -0.39 is 21.7 Å². The van der Waals surface area contributed by atoms with Crippen molar-refractivity contribution < 1.29 is 18.3 Å². The zero-order valence-corrected chi connectivity index (χ0v) is 10.8. The minimum absolute atomic E-state index is 0.403. The normalized spacial score (nSPS) is 11.2. The Balaban J connectivity index is 2.86. The maximum Gasteiger partial charge on any atom is 0.320 e. The third-order valence-corrected chi connectivity index (χ3v) is 3.32. The van der Waals surface area contributed by atoms with Crippen LogP contribution in [0, 0.1) is 0 Å². The van der Waals surface area contributed by atoms with E-state index in [0.29, 0.717) is 12.2 Å². The summed E-state index contributed by atoms with van der Waals surface area (Å²) in [7, 11) is -3.86. The Morgan fingerprint density at radius 1 is 1.33 bits per heavy atom. The quantitative estimate of drug-likeness (QED) is 0.676. The van der Waals surface area contributed by atoms with E-state index in [2.05, 4.69) is 10.0 Å². The third kappa shape index (κ3) is 4.72. The fourth-order valence-electron chi connectivity index (χ4n) is 1.40. The van der Waals surface area contributed by atoms with E-state index in [1.54, 1.807) is 24.3 Å². The molecule has 100 valence electrons. The van der Waals surface area contributed by atoms with E-state index in [4.69, 9.17) is 5.11 Å². The van der Waals surface area contributed by atoms with Crippen LogP contribution in [-0.2, 0) is 21.4 Å². The highest BCUT2D eigenvalue weighted by molar-refractivity contribution is 7.93. The van der Waals surface area contributed by atoms with Crippen LogP contribution in [0.4, 0.5) is 5.69 Å². The van der Waals surface area contributed by atoms with Crippen LogP contribution < -0.4 is 10.0 Å². The van der Waals surface area contributed by atoms with Crippen molar-refractivity contribution in [3.8, 4) is 0 Å². The Bertz CT molecular complexity index is 514. The largest absolute Gasteiger partial charge is 0.480 e. The van der Waals surface area contributed by atoms with Crippen molar-refractivity contribution in [3.05, 3.63) is 29.8 Å². The summed E-state index contributed by atoms with van der Waals surface area (Å²) in [5.74, 6) is -2.32. The average Bonchev–Trinajstić information content (AvgIpc) is 2.25. The molecule has 0 heterocycles. The molecule has 0 aliphatic carbocycles. The summed E-state index contributed by atoms with van der Waals surface area (Å²) in [5, 5.41) is 11.6. The van der Waals surface area contributed by atoms with Gasteiger partial charge in [0.15, 0.2) is 5.75 Å². The van der Waals surface area contributed by atoms with Crippen LogP contribution in [0.5, 0.6) is 0 Å². The SMILES string of the molecule is CCNCc1ccccc1NS(=O)(=O)CC(=O)O. The van der Waals surface area contributed by atoms with Gasteiger partial charge in [0.25, 0.3) is 0 Å². The van der Waals surface area contributed by atoms with Crippen LogP contribution in [-0.4, -0.2) is 31.8 Å². The van der Waals surface area contributed by atoms with Gasteiger partial charge in [0.05, 0.1) is 5.69 Å². The fourth-order valence-corrected chi connectivity index (χ4v) is 2.33. The Labute approximate surface area is 106 Å². The van der Waals surface area contributed by atoms with Gasteiger partial charge in [-0.05, 0) is 18.2 Å². The number of sulfonamides is 1. The molecule has 0 aliphatic heterocycles. The number of rotatable bonds is 7. The van der Waals surface area contributed by atoms with Gasteiger partial charge in [-0.15, -0.1) is 0 Å². The molecule has 0 aromatic heterocycles. The number of benzene rings is 1. The summed E-state index contributed by atoms with van der Waals surface area (Å²) in [6, 6.07) is 6.86. The van der Waals surface area contributed by atoms with E-state index in [-0.39, 0.29) is 0 Å². The zero-order chi connectivity index (χ0) is 13.6. The Morgan fingerprint density at radius 3 is 2.61 bits per heavy atom. The van der Waals surface area contributed by atoms with Crippen LogP contribution in [0.25, 0.3) is 0 Å². The molecule has 0 unspecified atom stereocenters. The first-order chi connectivity index (χ1) is 8.44. The summed E-state index contributed by atoms with van der Waals surface area (Å²) < 4.78 is 25.3. The van der Waals surface area contributed by atoms with Crippen LogP contribution in [0.3, 0.4) is 0 Å². The maximum absolute atomic E-state index is 11.5. The van der Waals surface area contributed by atoms with E-state index in [1.807, 2.05) is 6.92 Å². The van der Waals surface area contributed by atoms with Gasteiger partial charge in [-0.1, -0.05) is 25.1 Å². The van der Waals surface area contributed by atoms with Crippen LogP contribution in [0.1, 0.15) is 12.5 Å². The molecule has 0 saturated carbocycles. The smallest absolute Gasteiger partial charge is 0.320 e. The molecule has 0 fully saturated rings.